The lowest BCUT2D eigenvalue weighted by Gasteiger charge is -2.42. The van der Waals surface area contributed by atoms with Gasteiger partial charge in [0, 0.05) is 6.08 Å². The van der Waals surface area contributed by atoms with Gasteiger partial charge in [-0.25, -0.2) is 4.79 Å². The van der Waals surface area contributed by atoms with Gasteiger partial charge in [0.15, 0.2) is 5.72 Å². The van der Waals surface area contributed by atoms with Crippen molar-refractivity contribution in [2.24, 2.45) is 0 Å². The van der Waals surface area contributed by atoms with Gasteiger partial charge in [0.1, 0.15) is 5.25 Å². The summed E-state index contributed by atoms with van der Waals surface area (Å²) >= 11 is 0. The van der Waals surface area contributed by atoms with E-state index in [9.17, 15) is 17.8 Å². The normalized spacial score (nSPS) is 17.0. The average molecular weight is 279 g/mol. The van der Waals surface area contributed by atoms with Crippen LogP contribution in [0.5, 0.6) is 0 Å². The molecule has 2 unspecified atom stereocenters. The first-order valence-corrected chi connectivity index (χ1v) is 7.15. The summed E-state index contributed by atoms with van der Waals surface area (Å²) in [5, 5.41) is -1.21. The van der Waals surface area contributed by atoms with Crippen LogP contribution in [0.3, 0.4) is 0 Å². The number of ether oxygens (including phenoxy) is 1. The zero-order valence-electron chi connectivity index (χ0n) is 11.2. The average Bonchev–Trinajstić information content (AvgIpc) is 2.25. The monoisotopic (exact) mass is 279 g/mol. The molecular weight excluding hydrogens is 258 g/mol. The molecule has 0 aliphatic heterocycles. The van der Waals surface area contributed by atoms with Gasteiger partial charge in [-0.3, -0.25) is 9.45 Å². The number of carbonyl (C=O) groups excluding carboxylic acids is 1. The Kier molecular flexibility index (Phi) is 5.98. The Bertz CT molecular complexity index is 404. The van der Waals surface area contributed by atoms with E-state index in [1.165, 1.54) is 4.90 Å². The van der Waals surface area contributed by atoms with E-state index < -0.39 is 27.1 Å². The van der Waals surface area contributed by atoms with E-state index in [0.29, 0.717) is 0 Å². The van der Waals surface area contributed by atoms with Crippen LogP contribution in [-0.4, -0.2) is 48.9 Å². The summed E-state index contributed by atoms with van der Waals surface area (Å²) in [5.74, 6) is -0.729. The molecule has 0 heterocycles. The van der Waals surface area contributed by atoms with Crippen molar-refractivity contribution in [3.8, 4) is 0 Å². The summed E-state index contributed by atoms with van der Waals surface area (Å²) in [4.78, 5) is 12.9. The molecule has 0 saturated carbocycles. The molecule has 2 atom stereocenters. The smallest absolute Gasteiger partial charge is 0.331 e. The lowest BCUT2D eigenvalue weighted by atomic mass is 10.0. The van der Waals surface area contributed by atoms with Crippen LogP contribution >= 0.6 is 0 Å². The van der Waals surface area contributed by atoms with Crippen molar-refractivity contribution in [2.75, 3.05) is 14.1 Å². The van der Waals surface area contributed by atoms with Gasteiger partial charge in [0.25, 0.3) is 10.1 Å². The fourth-order valence-electron chi connectivity index (χ4n) is 2.04. The van der Waals surface area contributed by atoms with E-state index in [2.05, 4.69) is 6.58 Å². The largest absolute Gasteiger partial charge is 0.439 e. The van der Waals surface area contributed by atoms with Crippen LogP contribution in [0.1, 0.15) is 26.7 Å². The second-order valence-corrected chi connectivity index (χ2v) is 5.73. The zero-order chi connectivity index (χ0) is 14.6. The van der Waals surface area contributed by atoms with Gasteiger partial charge < -0.3 is 4.74 Å². The van der Waals surface area contributed by atoms with E-state index in [1.807, 2.05) is 0 Å². The molecule has 0 aromatic heterocycles. The number of carbonyl (C=O) groups is 1. The van der Waals surface area contributed by atoms with E-state index in [0.717, 1.165) is 6.08 Å². The van der Waals surface area contributed by atoms with E-state index >= 15 is 0 Å². The molecule has 0 spiro atoms. The van der Waals surface area contributed by atoms with Gasteiger partial charge in [-0.1, -0.05) is 20.4 Å². The fourth-order valence-corrected chi connectivity index (χ4v) is 3.35. The molecule has 0 aliphatic carbocycles. The quantitative estimate of drug-likeness (QED) is 0.324. The summed E-state index contributed by atoms with van der Waals surface area (Å²) in [5.41, 5.74) is -1.41. The summed E-state index contributed by atoms with van der Waals surface area (Å²) in [6.45, 7) is 6.57. The van der Waals surface area contributed by atoms with Crippen molar-refractivity contribution in [3.63, 3.8) is 0 Å². The van der Waals surface area contributed by atoms with Crippen LogP contribution in [0.4, 0.5) is 0 Å². The van der Waals surface area contributed by atoms with Crippen molar-refractivity contribution in [1.82, 2.24) is 4.90 Å². The van der Waals surface area contributed by atoms with E-state index in [-0.39, 0.29) is 12.8 Å². The summed E-state index contributed by atoms with van der Waals surface area (Å²) < 4.78 is 37.4. The highest BCUT2D eigenvalue weighted by Crippen LogP contribution is 2.30. The Morgan fingerprint density at radius 1 is 1.50 bits per heavy atom. The molecule has 0 aliphatic rings. The molecule has 18 heavy (non-hydrogen) atoms. The Labute approximate surface area is 108 Å². The molecule has 0 radical (unpaired) electrons. The first-order valence-electron chi connectivity index (χ1n) is 5.64. The molecule has 0 saturated heterocycles. The minimum absolute atomic E-state index is 0.120. The van der Waals surface area contributed by atoms with Gasteiger partial charge in [0.05, 0.1) is 0 Å². The van der Waals surface area contributed by atoms with Gasteiger partial charge in [-0.2, -0.15) is 8.42 Å². The molecule has 6 nitrogen and oxygen atoms in total. The first-order chi connectivity index (χ1) is 8.15. The van der Waals surface area contributed by atoms with Crippen LogP contribution in [0.25, 0.3) is 0 Å². The number of hydrogen-bond donors (Lipinski definition) is 1. The molecule has 0 aromatic carbocycles. The maximum atomic E-state index is 11.5. The minimum atomic E-state index is -4.34. The molecular formula is C11H21NO5S. The number of rotatable bonds is 7. The summed E-state index contributed by atoms with van der Waals surface area (Å²) in [6, 6.07) is 0. The zero-order valence-corrected chi connectivity index (χ0v) is 12.0. The third kappa shape index (κ3) is 3.54. The van der Waals surface area contributed by atoms with Crippen LogP contribution in [0.2, 0.25) is 0 Å². The Morgan fingerprint density at radius 3 is 2.22 bits per heavy atom. The van der Waals surface area contributed by atoms with Crippen molar-refractivity contribution < 1.29 is 22.5 Å². The fraction of sp³-hybridized carbons (Fsp3) is 0.727. The highest BCUT2D eigenvalue weighted by molar-refractivity contribution is 7.86. The van der Waals surface area contributed by atoms with Crippen LogP contribution < -0.4 is 0 Å². The lowest BCUT2D eigenvalue weighted by Crippen LogP contribution is -2.58. The molecule has 0 bridgehead atoms. The van der Waals surface area contributed by atoms with Gasteiger partial charge in [0.2, 0.25) is 0 Å². The van der Waals surface area contributed by atoms with Gasteiger partial charge >= 0.3 is 5.97 Å². The highest BCUT2D eigenvalue weighted by Gasteiger charge is 2.48. The lowest BCUT2D eigenvalue weighted by molar-refractivity contribution is -0.175. The number of hydrogen-bond acceptors (Lipinski definition) is 5. The van der Waals surface area contributed by atoms with Crippen molar-refractivity contribution in [1.29, 1.82) is 0 Å². The van der Waals surface area contributed by atoms with Crippen molar-refractivity contribution in [3.05, 3.63) is 12.7 Å². The SMILES string of the molecule is C=CC(=O)OC(CC)(C(CC)S(=O)(=O)O)N(C)C. The number of esters is 1. The molecule has 1 N–H and O–H groups in total. The Hall–Kier alpha value is -0.920. The predicted octanol–water partition coefficient (Wildman–Crippen LogP) is 1.05. The van der Waals surface area contributed by atoms with E-state index in [4.69, 9.17) is 4.74 Å². The molecule has 0 amide bonds. The molecule has 0 rings (SSSR count). The van der Waals surface area contributed by atoms with Crippen LogP contribution in [-0.2, 0) is 19.6 Å². The van der Waals surface area contributed by atoms with Crippen LogP contribution in [0, 0.1) is 0 Å². The van der Waals surface area contributed by atoms with Gasteiger partial charge in [-0.05, 0) is 26.9 Å². The van der Waals surface area contributed by atoms with Gasteiger partial charge in [-0.15, -0.1) is 0 Å². The molecule has 106 valence electrons. The first kappa shape index (κ1) is 17.1. The molecule has 7 heteroatoms. The molecule has 0 aromatic rings. The predicted molar refractivity (Wildman–Crippen MR) is 68.6 cm³/mol. The van der Waals surface area contributed by atoms with Crippen molar-refractivity contribution >= 4 is 16.1 Å². The standard InChI is InChI=1S/C11H21NO5S/c1-6-9(18(14,15)16)11(8-3,12(4)5)17-10(13)7-2/h7,9H,2,6,8H2,1,3-5H3,(H,14,15,16). The topological polar surface area (TPSA) is 83.9 Å². The maximum Gasteiger partial charge on any atom is 0.331 e. The Balaban J connectivity index is 5.70. The Morgan fingerprint density at radius 2 is 2.00 bits per heavy atom. The van der Waals surface area contributed by atoms with Crippen molar-refractivity contribution in [2.45, 2.75) is 37.7 Å². The minimum Gasteiger partial charge on any atom is -0.439 e. The maximum absolute atomic E-state index is 11.5. The third-order valence-electron chi connectivity index (χ3n) is 2.94. The summed E-state index contributed by atoms with van der Waals surface area (Å²) in [6.07, 6.45) is 1.30. The van der Waals surface area contributed by atoms with Crippen LogP contribution in [0.15, 0.2) is 12.7 Å². The second kappa shape index (κ2) is 6.31. The summed E-state index contributed by atoms with van der Waals surface area (Å²) in [7, 11) is -1.15. The third-order valence-corrected chi connectivity index (χ3v) is 4.36. The number of nitrogens with zero attached hydrogens (tertiary/aromatic N) is 1. The van der Waals surface area contributed by atoms with E-state index in [1.54, 1.807) is 27.9 Å². The highest BCUT2D eigenvalue weighted by atomic mass is 32.2. The molecule has 0 fully saturated rings. The second-order valence-electron chi connectivity index (χ2n) is 4.13.